The molecule has 0 saturated carbocycles. The lowest BCUT2D eigenvalue weighted by atomic mass is 10.2. The van der Waals surface area contributed by atoms with Gasteiger partial charge in [0.25, 0.3) is 5.91 Å². The van der Waals surface area contributed by atoms with Gasteiger partial charge in [-0.3, -0.25) is 4.79 Å². The van der Waals surface area contributed by atoms with E-state index in [1.165, 1.54) is 0 Å². The molecule has 1 heterocycles. The summed E-state index contributed by atoms with van der Waals surface area (Å²) in [7, 11) is 1.82. The van der Waals surface area contributed by atoms with Crippen molar-refractivity contribution in [1.29, 1.82) is 0 Å². The van der Waals surface area contributed by atoms with Crippen molar-refractivity contribution in [3.8, 4) is 0 Å². The summed E-state index contributed by atoms with van der Waals surface area (Å²) in [6, 6.07) is 5.04. The van der Waals surface area contributed by atoms with Crippen molar-refractivity contribution >= 4 is 33.4 Å². The highest BCUT2D eigenvalue weighted by Crippen LogP contribution is 2.19. The molecular formula is C11H10BrClN4O. The lowest BCUT2D eigenvalue weighted by Gasteiger charge is -2.05. The van der Waals surface area contributed by atoms with Gasteiger partial charge in [0, 0.05) is 22.1 Å². The van der Waals surface area contributed by atoms with Crippen molar-refractivity contribution in [3.05, 3.63) is 45.4 Å². The number of hydrogen-bond acceptors (Lipinski definition) is 3. The highest BCUT2D eigenvalue weighted by Gasteiger charge is 2.09. The zero-order valence-electron chi connectivity index (χ0n) is 9.52. The summed E-state index contributed by atoms with van der Waals surface area (Å²) in [5.74, 6) is 0.477. The third-order valence-electron chi connectivity index (χ3n) is 2.34. The highest BCUT2D eigenvalue weighted by molar-refractivity contribution is 9.10. The second-order valence-corrected chi connectivity index (χ2v) is 5.05. The molecule has 7 heteroatoms. The standard InChI is InChI=1S/C11H10BrClN4O/c1-17-6-15-16-10(17)5-14-11(18)7-2-8(12)4-9(13)3-7/h2-4,6H,5H2,1H3,(H,14,18). The molecular weight excluding hydrogens is 320 g/mol. The van der Waals surface area contributed by atoms with Crippen LogP contribution in [0, 0.1) is 0 Å². The van der Waals surface area contributed by atoms with Gasteiger partial charge in [0.1, 0.15) is 6.33 Å². The summed E-state index contributed by atoms with van der Waals surface area (Å²) in [4.78, 5) is 11.9. The summed E-state index contributed by atoms with van der Waals surface area (Å²) in [6.45, 7) is 0.319. The molecule has 1 N–H and O–H groups in total. The maximum atomic E-state index is 11.9. The van der Waals surface area contributed by atoms with Crippen molar-refractivity contribution in [2.24, 2.45) is 7.05 Å². The molecule has 0 saturated heterocycles. The quantitative estimate of drug-likeness (QED) is 0.939. The molecule has 0 aliphatic rings. The zero-order chi connectivity index (χ0) is 13.1. The van der Waals surface area contributed by atoms with Crippen LogP contribution < -0.4 is 5.32 Å². The van der Waals surface area contributed by atoms with Crippen molar-refractivity contribution in [1.82, 2.24) is 20.1 Å². The van der Waals surface area contributed by atoms with Gasteiger partial charge in [0.2, 0.25) is 0 Å². The van der Waals surface area contributed by atoms with Crippen LogP contribution in [0.15, 0.2) is 29.0 Å². The fourth-order valence-electron chi connectivity index (χ4n) is 1.41. The molecule has 2 rings (SSSR count). The van der Waals surface area contributed by atoms with Gasteiger partial charge in [-0.25, -0.2) is 0 Å². The minimum Gasteiger partial charge on any atom is -0.345 e. The van der Waals surface area contributed by atoms with Gasteiger partial charge < -0.3 is 9.88 Å². The van der Waals surface area contributed by atoms with Crippen LogP contribution in [0.2, 0.25) is 5.02 Å². The number of halogens is 2. The molecule has 94 valence electrons. The molecule has 0 bridgehead atoms. The van der Waals surface area contributed by atoms with Gasteiger partial charge in [0.15, 0.2) is 5.82 Å². The van der Waals surface area contributed by atoms with E-state index in [9.17, 15) is 4.79 Å². The molecule has 0 atom stereocenters. The average molecular weight is 330 g/mol. The Bertz CT molecular complexity index is 564. The molecule has 1 amide bonds. The minimum absolute atomic E-state index is 0.207. The predicted octanol–water partition coefficient (Wildman–Crippen LogP) is 2.16. The number of nitrogens with zero attached hydrogens (tertiary/aromatic N) is 3. The van der Waals surface area contributed by atoms with E-state index in [2.05, 4.69) is 31.4 Å². The number of hydrogen-bond donors (Lipinski definition) is 1. The van der Waals surface area contributed by atoms with Crippen molar-refractivity contribution in [3.63, 3.8) is 0 Å². The first-order chi connectivity index (χ1) is 8.56. The summed E-state index contributed by atoms with van der Waals surface area (Å²) in [6.07, 6.45) is 1.58. The first-order valence-electron chi connectivity index (χ1n) is 5.13. The molecule has 0 fully saturated rings. The molecule has 0 aliphatic carbocycles. The first-order valence-corrected chi connectivity index (χ1v) is 6.30. The number of carbonyl (C=O) groups is 1. The molecule has 2 aromatic rings. The van der Waals surface area contributed by atoms with Crippen LogP contribution in [-0.4, -0.2) is 20.7 Å². The van der Waals surface area contributed by atoms with E-state index in [0.717, 1.165) is 4.47 Å². The lowest BCUT2D eigenvalue weighted by Crippen LogP contribution is -2.24. The zero-order valence-corrected chi connectivity index (χ0v) is 11.9. The maximum Gasteiger partial charge on any atom is 0.251 e. The summed E-state index contributed by atoms with van der Waals surface area (Å²) in [5, 5.41) is 10.9. The van der Waals surface area contributed by atoms with Crippen LogP contribution in [0.3, 0.4) is 0 Å². The van der Waals surface area contributed by atoms with Crippen LogP contribution in [0.1, 0.15) is 16.2 Å². The second-order valence-electron chi connectivity index (χ2n) is 3.70. The predicted molar refractivity (Wildman–Crippen MR) is 71.3 cm³/mol. The van der Waals surface area contributed by atoms with Crippen LogP contribution in [0.4, 0.5) is 0 Å². The van der Waals surface area contributed by atoms with E-state index in [1.807, 2.05) is 7.05 Å². The Morgan fingerprint density at radius 2 is 2.28 bits per heavy atom. The normalized spacial score (nSPS) is 10.4. The molecule has 1 aromatic carbocycles. The van der Waals surface area contributed by atoms with Gasteiger partial charge in [-0.15, -0.1) is 10.2 Å². The summed E-state index contributed by atoms with van der Waals surface area (Å²) >= 11 is 9.17. The topological polar surface area (TPSA) is 59.8 Å². The Morgan fingerprint density at radius 3 is 2.89 bits per heavy atom. The van der Waals surface area contributed by atoms with Crippen LogP contribution in [0.25, 0.3) is 0 Å². The Morgan fingerprint density at radius 1 is 1.50 bits per heavy atom. The molecule has 5 nitrogen and oxygen atoms in total. The number of rotatable bonds is 3. The van der Waals surface area contributed by atoms with E-state index >= 15 is 0 Å². The largest absolute Gasteiger partial charge is 0.345 e. The van der Waals surface area contributed by atoms with Crippen molar-refractivity contribution < 1.29 is 4.79 Å². The first kappa shape index (κ1) is 13.0. The van der Waals surface area contributed by atoms with Crippen LogP contribution in [0.5, 0.6) is 0 Å². The van der Waals surface area contributed by atoms with Crippen LogP contribution in [-0.2, 0) is 13.6 Å². The number of nitrogens with one attached hydrogen (secondary N) is 1. The van der Waals surface area contributed by atoms with E-state index in [4.69, 9.17) is 11.6 Å². The number of carbonyl (C=O) groups excluding carboxylic acids is 1. The Kier molecular flexibility index (Phi) is 3.98. The monoisotopic (exact) mass is 328 g/mol. The smallest absolute Gasteiger partial charge is 0.251 e. The van der Waals surface area contributed by atoms with Gasteiger partial charge >= 0.3 is 0 Å². The Balaban J connectivity index is 2.06. The highest BCUT2D eigenvalue weighted by atomic mass is 79.9. The van der Waals surface area contributed by atoms with E-state index in [-0.39, 0.29) is 5.91 Å². The minimum atomic E-state index is -0.207. The third kappa shape index (κ3) is 3.08. The van der Waals surface area contributed by atoms with Crippen molar-refractivity contribution in [2.45, 2.75) is 6.54 Å². The molecule has 0 unspecified atom stereocenters. The van der Waals surface area contributed by atoms with Gasteiger partial charge in [-0.05, 0) is 18.2 Å². The molecule has 0 radical (unpaired) electrons. The molecule has 0 aliphatic heterocycles. The lowest BCUT2D eigenvalue weighted by molar-refractivity contribution is 0.0949. The molecule has 1 aromatic heterocycles. The summed E-state index contributed by atoms with van der Waals surface area (Å²) in [5.41, 5.74) is 0.497. The van der Waals surface area contributed by atoms with Crippen LogP contribution >= 0.6 is 27.5 Å². The van der Waals surface area contributed by atoms with Gasteiger partial charge in [-0.2, -0.15) is 0 Å². The van der Waals surface area contributed by atoms with E-state index in [0.29, 0.717) is 23.0 Å². The SMILES string of the molecule is Cn1cnnc1CNC(=O)c1cc(Cl)cc(Br)c1. The van der Waals surface area contributed by atoms with Crippen molar-refractivity contribution in [2.75, 3.05) is 0 Å². The number of benzene rings is 1. The molecule has 0 spiro atoms. The Hall–Kier alpha value is -1.40. The number of amides is 1. The van der Waals surface area contributed by atoms with E-state index < -0.39 is 0 Å². The third-order valence-corrected chi connectivity index (χ3v) is 3.01. The fourth-order valence-corrected chi connectivity index (χ4v) is 2.27. The maximum absolute atomic E-state index is 11.9. The van der Waals surface area contributed by atoms with Gasteiger partial charge in [-0.1, -0.05) is 27.5 Å². The second kappa shape index (κ2) is 5.49. The average Bonchev–Trinajstić information content (AvgIpc) is 2.70. The van der Waals surface area contributed by atoms with Gasteiger partial charge in [0.05, 0.1) is 6.54 Å². The Labute approximate surface area is 117 Å². The number of aryl methyl sites for hydroxylation is 1. The van der Waals surface area contributed by atoms with E-state index in [1.54, 1.807) is 29.1 Å². The fraction of sp³-hybridized carbons (Fsp3) is 0.182. The molecule has 18 heavy (non-hydrogen) atoms. The number of aromatic nitrogens is 3. The summed E-state index contributed by atoms with van der Waals surface area (Å²) < 4.78 is 2.51.